The van der Waals surface area contributed by atoms with Crippen LogP contribution >= 0.6 is 12.6 Å². The summed E-state index contributed by atoms with van der Waals surface area (Å²) in [6, 6.07) is 0. The minimum atomic E-state index is -1.29. The molecule has 0 aromatic rings. The summed E-state index contributed by atoms with van der Waals surface area (Å²) in [5.41, 5.74) is -0.620. The van der Waals surface area contributed by atoms with Crippen molar-refractivity contribution in [2.45, 2.75) is 53.6 Å². The smallest absolute Gasteiger partial charge is 0.274 e. The van der Waals surface area contributed by atoms with Crippen LogP contribution in [0.3, 0.4) is 0 Å². The van der Waals surface area contributed by atoms with E-state index in [9.17, 15) is 14.0 Å². The molecule has 0 radical (unpaired) electrons. The van der Waals surface area contributed by atoms with Gasteiger partial charge in [-0.2, -0.15) is 0 Å². The molecule has 0 saturated carbocycles. The van der Waals surface area contributed by atoms with Gasteiger partial charge in [0.25, 0.3) is 5.24 Å². The summed E-state index contributed by atoms with van der Waals surface area (Å²) in [7, 11) is 0. The second kappa shape index (κ2) is 7.12. The van der Waals surface area contributed by atoms with Crippen molar-refractivity contribution < 1.29 is 14.0 Å². The number of hydrogen-bond acceptors (Lipinski definition) is 2. The lowest BCUT2D eigenvalue weighted by Gasteiger charge is -2.30. The second-order valence-electron chi connectivity index (χ2n) is 5.68. The Morgan fingerprint density at radius 3 is 2.17 bits per heavy atom. The van der Waals surface area contributed by atoms with Crippen molar-refractivity contribution in [1.82, 2.24) is 4.90 Å². The highest BCUT2D eigenvalue weighted by molar-refractivity contribution is 7.96. The molecular weight excluding hydrogens is 253 g/mol. The number of carbonyl (C=O) groups is 2. The monoisotopic (exact) mass is 277 g/mol. The number of carbonyl (C=O) groups excluding carboxylic acids is 2. The molecular formula is C13H24FNO2S. The van der Waals surface area contributed by atoms with Crippen LogP contribution in [0, 0.1) is 11.3 Å². The van der Waals surface area contributed by atoms with Crippen molar-refractivity contribution in [3.05, 3.63) is 0 Å². The summed E-state index contributed by atoms with van der Waals surface area (Å²) in [5.74, 6) is -1.32. The molecule has 0 aromatic carbocycles. The lowest BCUT2D eigenvalue weighted by molar-refractivity contribution is -0.135. The summed E-state index contributed by atoms with van der Waals surface area (Å²) >= 11 is 3.68. The van der Waals surface area contributed by atoms with Crippen molar-refractivity contribution in [3.8, 4) is 0 Å². The molecule has 0 aliphatic carbocycles. The number of halogens is 1. The summed E-state index contributed by atoms with van der Waals surface area (Å²) in [6.07, 6.45) is 0.274. The van der Waals surface area contributed by atoms with Crippen LogP contribution in [-0.4, -0.2) is 28.8 Å². The first kappa shape index (κ1) is 17.4. The van der Waals surface area contributed by atoms with Gasteiger partial charge in [-0.1, -0.05) is 53.7 Å². The van der Waals surface area contributed by atoms with Gasteiger partial charge in [0.15, 0.2) is 0 Å². The van der Waals surface area contributed by atoms with Crippen molar-refractivity contribution in [3.63, 3.8) is 0 Å². The molecule has 5 heteroatoms. The molecule has 0 rings (SSSR count). The van der Waals surface area contributed by atoms with Crippen LogP contribution < -0.4 is 0 Å². The zero-order valence-corrected chi connectivity index (χ0v) is 12.8. The van der Waals surface area contributed by atoms with Gasteiger partial charge < -0.3 is 0 Å². The maximum absolute atomic E-state index is 14.1. The first-order chi connectivity index (χ1) is 8.12. The fraction of sp³-hybridized carbons (Fsp3) is 0.846. The second-order valence-corrected chi connectivity index (χ2v) is 6.07. The normalized spacial score (nSPS) is 15.1. The highest BCUT2D eigenvalue weighted by Gasteiger charge is 2.36. The summed E-state index contributed by atoms with van der Waals surface area (Å²) in [5, 5.41) is -0.610. The van der Waals surface area contributed by atoms with Gasteiger partial charge >= 0.3 is 0 Å². The maximum atomic E-state index is 14.1. The Kier molecular flexibility index (Phi) is 6.89. The van der Waals surface area contributed by atoms with E-state index in [-0.39, 0.29) is 0 Å². The van der Waals surface area contributed by atoms with Gasteiger partial charge in [-0.05, 0) is 11.8 Å². The van der Waals surface area contributed by atoms with Crippen LogP contribution in [0.2, 0.25) is 0 Å². The number of hydrogen-bond donors (Lipinski definition) is 1. The van der Waals surface area contributed by atoms with Gasteiger partial charge in [-0.25, -0.2) is 4.39 Å². The van der Waals surface area contributed by atoms with Crippen molar-refractivity contribution in [1.29, 1.82) is 0 Å². The third-order valence-corrected chi connectivity index (χ3v) is 3.13. The Morgan fingerprint density at radius 1 is 1.33 bits per heavy atom. The predicted octanol–water partition coefficient (Wildman–Crippen LogP) is 3.69. The molecule has 3 nitrogen and oxygen atoms in total. The molecule has 2 atom stereocenters. The molecule has 0 spiro atoms. The number of imide groups is 1. The molecule has 2 unspecified atom stereocenters. The fourth-order valence-corrected chi connectivity index (χ4v) is 1.94. The van der Waals surface area contributed by atoms with Gasteiger partial charge in [0.2, 0.25) is 5.91 Å². The number of thiol groups is 1. The van der Waals surface area contributed by atoms with Gasteiger partial charge in [0, 0.05) is 6.54 Å². The Hall–Kier alpha value is -0.580. The molecule has 18 heavy (non-hydrogen) atoms. The third kappa shape index (κ3) is 4.96. The zero-order valence-electron chi connectivity index (χ0n) is 11.9. The van der Waals surface area contributed by atoms with Gasteiger partial charge in [-0.3, -0.25) is 14.5 Å². The summed E-state index contributed by atoms with van der Waals surface area (Å²) in [6.45, 7) is 9.00. The molecule has 0 heterocycles. The van der Waals surface area contributed by atoms with E-state index in [0.29, 0.717) is 13.0 Å². The van der Waals surface area contributed by atoms with Crippen molar-refractivity contribution >= 4 is 23.8 Å². The average Bonchev–Trinajstić information content (AvgIpc) is 2.25. The van der Waals surface area contributed by atoms with Crippen LogP contribution in [0.15, 0.2) is 0 Å². The maximum Gasteiger partial charge on any atom is 0.285 e. The highest BCUT2D eigenvalue weighted by atomic mass is 32.1. The van der Waals surface area contributed by atoms with E-state index < -0.39 is 28.7 Å². The Labute approximate surface area is 115 Å². The van der Waals surface area contributed by atoms with Gasteiger partial charge in [-0.15, -0.1) is 0 Å². The van der Waals surface area contributed by atoms with E-state index in [4.69, 9.17) is 0 Å². The van der Waals surface area contributed by atoms with Crippen LogP contribution in [-0.2, 0) is 4.79 Å². The van der Waals surface area contributed by atoms with E-state index in [1.165, 1.54) is 6.92 Å². The van der Waals surface area contributed by atoms with Crippen LogP contribution in [0.5, 0.6) is 0 Å². The topological polar surface area (TPSA) is 37.4 Å². The molecule has 2 amide bonds. The zero-order chi connectivity index (χ0) is 14.5. The quantitative estimate of drug-likeness (QED) is 0.778. The number of alkyl halides is 1. The van der Waals surface area contributed by atoms with Crippen LogP contribution in [0.1, 0.15) is 47.5 Å². The predicted molar refractivity (Wildman–Crippen MR) is 74.5 cm³/mol. The van der Waals surface area contributed by atoms with E-state index in [2.05, 4.69) is 12.6 Å². The largest absolute Gasteiger partial charge is 0.285 e. The minimum absolute atomic E-state index is 0.304. The number of amides is 2. The number of nitrogens with zero attached hydrogens (tertiary/aromatic N) is 1. The van der Waals surface area contributed by atoms with Crippen LogP contribution in [0.4, 0.5) is 9.18 Å². The van der Waals surface area contributed by atoms with E-state index in [1.807, 2.05) is 6.92 Å². The van der Waals surface area contributed by atoms with Crippen molar-refractivity contribution in [2.75, 3.05) is 6.54 Å². The minimum Gasteiger partial charge on any atom is -0.274 e. The van der Waals surface area contributed by atoms with E-state index in [1.54, 1.807) is 20.8 Å². The van der Waals surface area contributed by atoms with E-state index in [0.717, 1.165) is 11.3 Å². The summed E-state index contributed by atoms with van der Waals surface area (Å²) < 4.78 is 14.1. The number of unbranched alkanes of at least 4 members (excludes halogenated alkanes) is 1. The Bertz CT molecular complexity index is 302. The van der Waals surface area contributed by atoms with Gasteiger partial charge in [0.05, 0.1) is 5.92 Å². The lowest BCUT2D eigenvalue weighted by atomic mass is 9.82. The molecule has 106 valence electrons. The molecule has 0 N–H and O–H groups in total. The Morgan fingerprint density at radius 2 is 1.83 bits per heavy atom. The SMILES string of the molecule is CCCCN(C(=O)S)C(=O)C(C)C(F)C(C)(C)C. The molecule has 0 aliphatic rings. The summed E-state index contributed by atoms with van der Waals surface area (Å²) in [4.78, 5) is 24.4. The third-order valence-electron chi connectivity index (χ3n) is 2.89. The van der Waals surface area contributed by atoms with Crippen LogP contribution in [0.25, 0.3) is 0 Å². The van der Waals surface area contributed by atoms with E-state index >= 15 is 0 Å². The lowest BCUT2D eigenvalue weighted by Crippen LogP contribution is -2.43. The molecule has 0 fully saturated rings. The first-order valence-corrected chi connectivity index (χ1v) is 6.76. The molecule has 0 bridgehead atoms. The standard InChI is InChI=1S/C13H24FNO2S/c1-6-7-8-15(12(17)18)11(16)9(2)10(14)13(3,4)5/h9-10H,6-8H2,1-5H3,(H,17,18). The molecule has 0 saturated heterocycles. The fourth-order valence-electron chi connectivity index (χ4n) is 1.74. The average molecular weight is 277 g/mol. The molecule has 0 aromatic heterocycles. The van der Waals surface area contributed by atoms with Crippen molar-refractivity contribution in [2.24, 2.45) is 11.3 Å². The first-order valence-electron chi connectivity index (χ1n) is 6.31. The number of rotatable bonds is 5. The molecule has 0 aliphatic heterocycles. The highest BCUT2D eigenvalue weighted by Crippen LogP contribution is 2.29. The van der Waals surface area contributed by atoms with Gasteiger partial charge in [0.1, 0.15) is 6.17 Å². The Balaban J connectivity index is 4.81.